The van der Waals surface area contributed by atoms with Crippen LogP contribution in [0.1, 0.15) is 24.2 Å². The lowest BCUT2D eigenvalue weighted by Gasteiger charge is -2.25. The number of hydrogen-bond donors (Lipinski definition) is 0. The first-order valence-corrected chi connectivity index (χ1v) is 6.99. The second-order valence-corrected chi connectivity index (χ2v) is 4.73. The Labute approximate surface area is 132 Å². The molecule has 1 rings (SSSR count). The summed E-state index contributed by atoms with van der Waals surface area (Å²) in [5.41, 5.74) is 0.609. The average Bonchev–Trinajstić information content (AvgIpc) is 2.53. The zero-order chi connectivity index (χ0) is 17.8. The molecule has 0 bridgehead atoms. The molecule has 0 aliphatic heterocycles. The standard InChI is InChI=1S/C15H19F3N2O3/c1-5-20(6-2)12-8-7-10(9-11(12)13(21)23-4)19(3)14(22)15(16,17)18/h7-9H,5-6H2,1-4H3. The summed E-state index contributed by atoms with van der Waals surface area (Å²) < 4.78 is 42.3. The van der Waals surface area contributed by atoms with Gasteiger partial charge in [0.15, 0.2) is 0 Å². The lowest BCUT2D eigenvalue weighted by molar-refractivity contribution is -0.170. The van der Waals surface area contributed by atoms with Gasteiger partial charge in [-0.25, -0.2) is 4.79 Å². The summed E-state index contributed by atoms with van der Waals surface area (Å²) in [5.74, 6) is -2.69. The number of carbonyl (C=O) groups is 2. The van der Waals surface area contributed by atoms with Crippen LogP contribution in [0.5, 0.6) is 0 Å². The van der Waals surface area contributed by atoms with E-state index in [0.29, 0.717) is 23.7 Å². The van der Waals surface area contributed by atoms with Gasteiger partial charge in [-0.05, 0) is 32.0 Å². The monoisotopic (exact) mass is 332 g/mol. The minimum atomic E-state index is -4.99. The highest BCUT2D eigenvalue weighted by molar-refractivity contribution is 6.01. The van der Waals surface area contributed by atoms with E-state index in [4.69, 9.17) is 0 Å². The van der Waals surface area contributed by atoms with Gasteiger partial charge in [0, 0.05) is 25.8 Å². The largest absolute Gasteiger partial charge is 0.471 e. The molecule has 0 aliphatic carbocycles. The fourth-order valence-corrected chi connectivity index (χ4v) is 2.15. The fourth-order valence-electron chi connectivity index (χ4n) is 2.15. The average molecular weight is 332 g/mol. The molecule has 0 atom stereocenters. The van der Waals surface area contributed by atoms with Gasteiger partial charge in [-0.3, -0.25) is 4.79 Å². The van der Waals surface area contributed by atoms with Crippen LogP contribution in [-0.4, -0.2) is 45.3 Å². The summed E-state index contributed by atoms with van der Waals surface area (Å²) in [6.07, 6.45) is -4.99. The Bertz CT molecular complexity index is 584. The van der Waals surface area contributed by atoms with E-state index in [1.165, 1.54) is 25.3 Å². The van der Waals surface area contributed by atoms with Crippen LogP contribution in [0.25, 0.3) is 0 Å². The number of halogens is 3. The third-order valence-electron chi connectivity index (χ3n) is 3.42. The molecule has 0 N–H and O–H groups in total. The van der Waals surface area contributed by atoms with Crippen molar-refractivity contribution in [2.24, 2.45) is 0 Å². The Kier molecular flexibility index (Phi) is 6.00. The molecule has 128 valence electrons. The molecule has 23 heavy (non-hydrogen) atoms. The highest BCUT2D eigenvalue weighted by Gasteiger charge is 2.41. The highest BCUT2D eigenvalue weighted by Crippen LogP contribution is 2.29. The molecule has 0 unspecified atom stereocenters. The molecule has 0 saturated carbocycles. The van der Waals surface area contributed by atoms with Crippen LogP contribution in [0, 0.1) is 0 Å². The minimum absolute atomic E-state index is 0.0383. The normalized spacial score (nSPS) is 11.1. The van der Waals surface area contributed by atoms with Crippen molar-refractivity contribution in [3.63, 3.8) is 0 Å². The maximum atomic E-state index is 12.5. The second kappa shape index (κ2) is 7.34. The Hall–Kier alpha value is -2.25. The molecule has 0 radical (unpaired) electrons. The van der Waals surface area contributed by atoms with Gasteiger partial charge in [-0.15, -0.1) is 0 Å². The molecule has 1 amide bonds. The third kappa shape index (κ3) is 4.14. The molecule has 5 nitrogen and oxygen atoms in total. The fraction of sp³-hybridized carbons (Fsp3) is 0.467. The van der Waals surface area contributed by atoms with Crippen molar-refractivity contribution in [1.29, 1.82) is 0 Å². The van der Waals surface area contributed by atoms with Crippen molar-refractivity contribution in [2.45, 2.75) is 20.0 Å². The number of rotatable bonds is 5. The van der Waals surface area contributed by atoms with Gasteiger partial charge in [0.1, 0.15) is 0 Å². The second-order valence-electron chi connectivity index (χ2n) is 4.73. The number of ether oxygens (including phenoxy) is 1. The van der Waals surface area contributed by atoms with Crippen molar-refractivity contribution in [3.8, 4) is 0 Å². The van der Waals surface area contributed by atoms with Crippen LogP contribution in [0.4, 0.5) is 24.5 Å². The van der Waals surface area contributed by atoms with E-state index >= 15 is 0 Å². The summed E-state index contributed by atoms with van der Waals surface area (Å²) in [6.45, 7) is 4.99. The summed E-state index contributed by atoms with van der Waals surface area (Å²) in [7, 11) is 2.19. The van der Waals surface area contributed by atoms with Gasteiger partial charge in [-0.1, -0.05) is 0 Å². The number of benzene rings is 1. The number of hydrogen-bond acceptors (Lipinski definition) is 4. The van der Waals surface area contributed by atoms with Gasteiger partial charge in [-0.2, -0.15) is 13.2 Å². The van der Waals surface area contributed by atoms with Gasteiger partial charge < -0.3 is 14.5 Å². The quantitative estimate of drug-likeness (QED) is 0.778. The van der Waals surface area contributed by atoms with E-state index in [0.717, 1.165) is 7.05 Å². The van der Waals surface area contributed by atoms with Crippen molar-refractivity contribution in [1.82, 2.24) is 0 Å². The molecule has 8 heteroatoms. The molecule has 1 aromatic carbocycles. The van der Waals surface area contributed by atoms with Crippen molar-refractivity contribution in [3.05, 3.63) is 23.8 Å². The maximum absolute atomic E-state index is 12.5. The molecular formula is C15H19F3N2O3. The van der Waals surface area contributed by atoms with Crippen LogP contribution in [-0.2, 0) is 9.53 Å². The predicted octanol–water partition coefficient (Wildman–Crippen LogP) is 2.84. The van der Waals surface area contributed by atoms with Gasteiger partial charge in [0.05, 0.1) is 18.4 Å². The summed E-state index contributed by atoms with van der Waals surface area (Å²) >= 11 is 0. The number of amides is 1. The predicted molar refractivity (Wildman–Crippen MR) is 80.8 cm³/mol. The van der Waals surface area contributed by atoms with Gasteiger partial charge in [0.25, 0.3) is 0 Å². The van der Waals surface area contributed by atoms with E-state index < -0.39 is 18.1 Å². The van der Waals surface area contributed by atoms with E-state index in [2.05, 4.69) is 4.74 Å². The van der Waals surface area contributed by atoms with E-state index in [1.807, 2.05) is 18.7 Å². The Morgan fingerprint density at radius 2 is 1.74 bits per heavy atom. The number of esters is 1. The lowest BCUT2D eigenvalue weighted by atomic mass is 10.1. The maximum Gasteiger partial charge on any atom is 0.471 e. The van der Waals surface area contributed by atoms with Gasteiger partial charge >= 0.3 is 18.1 Å². The number of nitrogens with zero attached hydrogens (tertiary/aromatic N) is 2. The van der Waals surface area contributed by atoms with E-state index in [-0.39, 0.29) is 11.3 Å². The highest BCUT2D eigenvalue weighted by atomic mass is 19.4. The minimum Gasteiger partial charge on any atom is -0.465 e. The topological polar surface area (TPSA) is 49.9 Å². The number of methoxy groups -OCH3 is 1. The molecule has 0 heterocycles. The van der Waals surface area contributed by atoms with Crippen LogP contribution < -0.4 is 9.80 Å². The van der Waals surface area contributed by atoms with Crippen molar-refractivity contribution < 1.29 is 27.5 Å². The van der Waals surface area contributed by atoms with Crippen LogP contribution in [0.2, 0.25) is 0 Å². The molecule has 0 saturated heterocycles. The first-order chi connectivity index (χ1) is 10.7. The smallest absolute Gasteiger partial charge is 0.465 e. The lowest BCUT2D eigenvalue weighted by Crippen LogP contribution is -2.38. The van der Waals surface area contributed by atoms with E-state index in [9.17, 15) is 22.8 Å². The first-order valence-electron chi connectivity index (χ1n) is 6.99. The van der Waals surface area contributed by atoms with E-state index in [1.54, 1.807) is 0 Å². The summed E-state index contributed by atoms with van der Waals surface area (Å²) in [4.78, 5) is 25.6. The van der Waals surface area contributed by atoms with Crippen molar-refractivity contribution in [2.75, 3.05) is 37.0 Å². The Morgan fingerprint density at radius 1 is 1.17 bits per heavy atom. The number of carbonyl (C=O) groups excluding carboxylic acids is 2. The number of alkyl halides is 3. The first kappa shape index (κ1) is 18.8. The van der Waals surface area contributed by atoms with Crippen LogP contribution >= 0.6 is 0 Å². The molecular weight excluding hydrogens is 313 g/mol. The van der Waals surface area contributed by atoms with Gasteiger partial charge in [0.2, 0.25) is 0 Å². The molecule has 0 spiro atoms. The molecule has 1 aromatic rings. The zero-order valence-electron chi connectivity index (χ0n) is 13.4. The molecule has 0 fully saturated rings. The summed E-state index contributed by atoms with van der Waals surface area (Å²) in [5, 5.41) is 0. The summed E-state index contributed by atoms with van der Waals surface area (Å²) in [6, 6.07) is 4.10. The van der Waals surface area contributed by atoms with Crippen molar-refractivity contribution >= 4 is 23.3 Å². The molecule has 0 aliphatic rings. The zero-order valence-corrected chi connectivity index (χ0v) is 13.4. The molecule has 0 aromatic heterocycles. The van der Waals surface area contributed by atoms with Crippen LogP contribution in [0.3, 0.4) is 0 Å². The number of anilines is 2. The Balaban J connectivity index is 3.34. The van der Waals surface area contributed by atoms with Crippen LogP contribution in [0.15, 0.2) is 18.2 Å². The third-order valence-corrected chi connectivity index (χ3v) is 3.42. The SMILES string of the molecule is CCN(CC)c1ccc(N(C)C(=O)C(F)(F)F)cc1C(=O)OC. The Morgan fingerprint density at radius 3 is 2.17 bits per heavy atom.